The van der Waals surface area contributed by atoms with Crippen molar-refractivity contribution in [1.82, 2.24) is 4.90 Å². The number of amides is 2. The van der Waals surface area contributed by atoms with Crippen LogP contribution in [0.5, 0.6) is 0 Å². The number of rotatable bonds is 6. The van der Waals surface area contributed by atoms with Gasteiger partial charge in [-0.05, 0) is 49.2 Å². The highest BCUT2D eigenvalue weighted by Gasteiger charge is 2.25. The van der Waals surface area contributed by atoms with Gasteiger partial charge in [-0.2, -0.15) is 0 Å². The number of nitrogens with one attached hydrogen (secondary N) is 1. The van der Waals surface area contributed by atoms with Gasteiger partial charge in [0.05, 0.1) is 0 Å². The van der Waals surface area contributed by atoms with Crippen LogP contribution in [0.1, 0.15) is 37.0 Å². The quantitative estimate of drug-likeness (QED) is 0.825. The number of benzene rings is 2. The molecular formula is C23H29N3O2. The fourth-order valence-corrected chi connectivity index (χ4v) is 3.63. The molecule has 1 fully saturated rings. The largest absolute Gasteiger partial charge is 0.368 e. The van der Waals surface area contributed by atoms with Crippen molar-refractivity contribution in [1.29, 1.82) is 0 Å². The van der Waals surface area contributed by atoms with Gasteiger partial charge in [0.15, 0.2) is 0 Å². The van der Waals surface area contributed by atoms with Gasteiger partial charge in [0.1, 0.15) is 0 Å². The molecule has 3 rings (SSSR count). The van der Waals surface area contributed by atoms with Gasteiger partial charge in [0.25, 0.3) is 5.91 Å². The van der Waals surface area contributed by atoms with Crippen molar-refractivity contribution in [2.24, 2.45) is 5.92 Å². The maximum atomic E-state index is 12.5. The van der Waals surface area contributed by atoms with Crippen molar-refractivity contribution in [3.05, 3.63) is 60.2 Å². The topological polar surface area (TPSA) is 52.7 Å². The zero-order valence-electron chi connectivity index (χ0n) is 16.7. The van der Waals surface area contributed by atoms with Crippen molar-refractivity contribution in [2.75, 3.05) is 36.4 Å². The molecule has 0 spiro atoms. The van der Waals surface area contributed by atoms with E-state index in [-0.39, 0.29) is 11.8 Å². The third-order valence-corrected chi connectivity index (χ3v) is 5.45. The molecule has 1 aliphatic heterocycles. The van der Waals surface area contributed by atoms with Gasteiger partial charge in [0, 0.05) is 49.0 Å². The number of hydrogen-bond acceptors (Lipinski definition) is 3. The molecule has 28 heavy (non-hydrogen) atoms. The Morgan fingerprint density at radius 1 is 0.893 bits per heavy atom. The Hall–Kier alpha value is -2.82. The lowest BCUT2D eigenvalue weighted by molar-refractivity contribution is -0.136. The van der Waals surface area contributed by atoms with Crippen LogP contribution in [-0.2, 0) is 4.79 Å². The van der Waals surface area contributed by atoms with Crippen molar-refractivity contribution in [3.63, 3.8) is 0 Å². The molecule has 2 amide bonds. The lowest BCUT2D eigenvalue weighted by Crippen LogP contribution is -2.50. The summed E-state index contributed by atoms with van der Waals surface area (Å²) in [4.78, 5) is 29.1. The second-order valence-corrected chi connectivity index (χ2v) is 7.19. The Bertz CT molecular complexity index is 777. The molecule has 2 aromatic rings. The van der Waals surface area contributed by atoms with Crippen molar-refractivity contribution in [3.8, 4) is 0 Å². The van der Waals surface area contributed by atoms with E-state index >= 15 is 0 Å². The first-order chi connectivity index (χ1) is 13.6. The molecule has 0 aliphatic carbocycles. The van der Waals surface area contributed by atoms with Crippen molar-refractivity contribution >= 4 is 23.2 Å². The molecule has 5 nitrogen and oxygen atoms in total. The normalized spacial score (nSPS) is 14.2. The van der Waals surface area contributed by atoms with E-state index in [0.717, 1.165) is 50.4 Å². The maximum Gasteiger partial charge on any atom is 0.255 e. The smallest absolute Gasteiger partial charge is 0.255 e. The molecule has 1 aliphatic rings. The average Bonchev–Trinajstić information content (AvgIpc) is 2.76. The second-order valence-electron chi connectivity index (χ2n) is 7.19. The highest BCUT2D eigenvalue weighted by Crippen LogP contribution is 2.21. The molecular weight excluding hydrogens is 350 g/mol. The van der Waals surface area contributed by atoms with Crippen LogP contribution in [0.2, 0.25) is 0 Å². The van der Waals surface area contributed by atoms with E-state index in [1.165, 1.54) is 0 Å². The number of nitrogens with zero attached hydrogens (tertiary/aromatic N) is 2. The molecule has 0 unspecified atom stereocenters. The zero-order valence-corrected chi connectivity index (χ0v) is 16.7. The van der Waals surface area contributed by atoms with Crippen LogP contribution in [-0.4, -0.2) is 42.9 Å². The molecule has 1 N–H and O–H groups in total. The second kappa shape index (κ2) is 9.40. The fraction of sp³-hybridized carbons (Fsp3) is 0.391. The number of hydrogen-bond donors (Lipinski definition) is 1. The molecule has 1 saturated heterocycles. The lowest BCUT2D eigenvalue weighted by atomic mass is 10.0. The van der Waals surface area contributed by atoms with Gasteiger partial charge in [-0.25, -0.2) is 0 Å². The van der Waals surface area contributed by atoms with Gasteiger partial charge < -0.3 is 15.1 Å². The van der Waals surface area contributed by atoms with E-state index in [9.17, 15) is 9.59 Å². The monoisotopic (exact) mass is 379 g/mol. The molecule has 148 valence electrons. The Kier molecular flexibility index (Phi) is 6.69. The number of anilines is 2. The van der Waals surface area contributed by atoms with E-state index in [0.29, 0.717) is 11.5 Å². The summed E-state index contributed by atoms with van der Waals surface area (Å²) in [6, 6.07) is 17.1. The van der Waals surface area contributed by atoms with E-state index in [2.05, 4.69) is 24.1 Å². The summed E-state index contributed by atoms with van der Waals surface area (Å²) in [5.41, 5.74) is 2.54. The standard InChI is InChI=1S/C23H29N3O2/c1-3-18(4-2)23(28)26-16-14-25(15-17-26)21-12-10-20(11-13-21)24-22(27)19-8-6-5-7-9-19/h5-13,18H,3-4,14-17H2,1-2H3,(H,24,27). The molecule has 0 radical (unpaired) electrons. The van der Waals surface area contributed by atoms with E-state index in [1.807, 2.05) is 47.4 Å². The summed E-state index contributed by atoms with van der Waals surface area (Å²) in [7, 11) is 0. The molecule has 0 aromatic heterocycles. The zero-order chi connectivity index (χ0) is 19.9. The molecule has 1 heterocycles. The van der Waals surface area contributed by atoms with E-state index in [1.54, 1.807) is 12.1 Å². The van der Waals surface area contributed by atoms with Crippen LogP contribution in [0.4, 0.5) is 11.4 Å². The highest BCUT2D eigenvalue weighted by molar-refractivity contribution is 6.04. The first-order valence-electron chi connectivity index (χ1n) is 10.1. The van der Waals surface area contributed by atoms with Crippen LogP contribution >= 0.6 is 0 Å². The average molecular weight is 380 g/mol. The Morgan fingerprint density at radius 2 is 1.50 bits per heavy atom. The number of carbonyl (C=O) groups is 2. The minimum absolute atomic E-state index is 0.109. The van der Waals surface area contributed by atoms with Gasteiger partial charge in [0.2, 0.25) is 5.91 Å². The van der Waals surface area contributed by atoms with Crippen LogP contribution in [0, 0.1) is 5.92 Å². The van der Waals surface area contributed by atoms with E-state index in [4.69, 9.17) is 0 Å². The Morgan fingerprint density at radius 3 is 2.07 bits per heavy atom. The number of piperazine rings is 1. The van der Waals surface area contributed by atoms with Crippen molar-refractivity contribution in [2.45, 2.75) is 26.7 Å². The summed E-state index contributed by atoms with van der Waals surface area (Å²) >= 11 is 0. The highest BCUT2D eigenvalue weighted by atomic mass is 16.2. The lowest BCUT2D eigenvalue weighted by Gasteiger charge is -2.37. The van der Waals surface area contributed by atoms with E-state index < -0.39 is 0 Å². The predicted molar refractivity (Wildman–Crippen MR) is 114 cm³/mol. The summed E-state index contributed by atoms with van der Waals surface area (Å²) in [6.07, 6.45) is 1.82. The number of carbonyl (C=O) groups excluding carboxylic acids is 2. The molecule has 2 aromatic carbocycles. The van der Waals surface area contributed by atoms with Crippen LogP contribution in [0.25, 0.3) is 0 Å². The minimum Gasteiger partial charge on any atom is -0.368 e. The Balaban J connectivity index is 1.55. The van der Waals surface area contributed by atoms with Crippen LogP contribution in [0.3, 0.4) is 0 Å². The summed E-state index contributed by atoms with van der Waals surface area (Å²) in [5.74, 6) is 0.338. The summed E-state index contributed by atoms with van der Waals surface area (Å²) in [6.45, 7) is 7.37. The summed E-state index contributed by atoms with van der Waals surface area (Å²) < 4.78 is 0. The van der Waals surface area contributed by atoms with Gasteiger partial charge in [-0.1, -0.05) is 32.0 Å². The predicted octanol–water partition coefficient (Wildman–Crippen LogP) is 4.02. The van der Waals surface area contributed by atoms with Crippen LogP contribution in [0.15, 0.2) is 54.6 Å². The van der Waals surface area contributed by atoms with Gasteiger partial charge in [-0.3, -0.25) is 9.59 Å². The van der Waals surface area contributed by atoms with Gasteiger partial charge in [-0.15, -0.1) is 0 Å². The summed E-state index contributed by atoms with van der Waals surface area (Å²) in [5, 5.41) is 2.93. The Labute approximate surface area is 167 Å². The van der Waals surface area contributed by atoms with Crippen molar-refractivity contribution < 1.29 is 9.59 Å². The fourth-order valence-electron chi connectivity index (χ4n) is 3.63. The first kappa shape index (κ1) is 19.9. The minimum atomic E-state index is -0.109. The molecule has 0 bridgehead atoms. The van der Waals surface area contributed by atoms with Gasteiger partial charge >= 0.3 is 0 Å². The first-order valence-corrected chi connectivity index (χ1v) is 10.1. The van der Waals surface area contributed by atoms with Crippen LogP contribution < -0.4 is 10.2 Å². The SMILES string of the molecule is CCC(CC)C(=O)N1CCN(c2ccc(NC(=O)c3ccccc3)cc2)CC1. The third kappa shape index (κ3) is 4.71. The third-order valence-electron chi connectivity index (χ3n) is 5.45. The molecule has 0 atom stereocenters. The maximum absolute atomic E-state index is 12.5. The molecule has 0 saturated carbocycles. The molecule has 5 heteroatoms.